The molecule has 2 N–H and O–H groups in total. The number of amides is 1. The molecule has 0 unspecified atom stereocenters. The molecule has 0 saturated carbocycles. The zero-order valence-electron chi connectivity index (χ0n) is 11.8. The lowest BCUT2D eigenvalue weighted by molar-refractivity contribution is -0.115. The lowest BCUT2D eigenvalue weighted by atomic mass is 10.1. The summed E-state index contributed by atoms with van der Waals surface area (Å²) in [6, 6.07) is 11.0. The molecular formula is C17H16N2O2. The first-order chi connectivity index (χ1) is 10.2. The highest BCUT2D eigenvalue weighted by molar-refractivity contribution is 5.92. The molecule has 1 aromatic carbocycles. The normalized spacial score (nSPS) is 9.62. The van der Waals surface area contributed by atoms with Gasteiger partial charge >= 0.3 is 0 Å². The first kappa shape index (κ1) is 14.8. The molecule has 2 rings (SSSR count). The number of rotatable bonds is 3. The molecule has 1 aromatic heterocycles. The van der Waals surface area contributed by atoms with Crippen molar-refractivity contribution in [1.82, 2.24) is 4.98 Å². The minimum absolute atomic E-state index is 0.125. The van der Waals surface area contributed by atoms with Gasteiger partial charge in [-0.1, -0.05) is 17.9 Å². The quantitative estimate of drug-likeness (QED) is 0.844. The number of aliphatic hydroxyl groups excluding tert-OH is 1. The minimum atomic E-state index is -0.185. The molecule has 0 fully saturated rings. The molecule has 106 valence electrons. The third-order valence-corrected chi connectivity index (χ3v) is 2.74. The Kier molecular flexibility index (Phi) is 5.08. The van der Waals surface area contributed by atoms with Crippen LogP contribution in [0, 0.1) is 18.8 Å². The molecule has 2 aromatic rings. The number of carbonyl (C=O) groups is 1. The van der Waals surface area contributed by atoms with Gasteiger partial charge < -0.3 is 10.4 Å². The number of anilines is 1. The minimum Gasteiger partial charge on any atom is -0.384 e. The summed E-state index contributed by atoms with van der Waals surface area (Å²) in [6.07, 6.45) is 1.89. The Hall–Kier alpha value is -2.64. The highest BCUT2D eigenvalue weighted by Crippen LogP contribution is 2.14. The summed E-state index contributed by atoms with van der Waals surface area (Å²) in [5.74, 6) is 5.31. The maximum absolute atomic E-state index is 12.0. The van der Waals surface area contributed by atoms with Crippen molar-refractivity contribution in [1.29, 1.82) is 0 Å². The molecule has 0 bridgehead atoms. The number of pyridine rings is 1. The smallest absolute Gasteiger partial charge is 0.230 e. The van der Waals surface area contributed by atoms with Crippen LogP contribution >= 0.6 is 0 Å². The molecule has 4 nitrogen and oxygen atoms in total. The van der Waals surface area contributed by atoms with Gasteiger partial charge in [-0.2, -0.15) is 0 Å². The fourth-order valence-electron chi connectivity index (χ4n) is 1.94. The third-order valence-electron chi connectivity index (χ3n) is 2.74. The first-order valence-electron chi connectivity index (χ1n) is 6.58. The Morgan fingerprint density at radius 3 is 2.90 bits per heavy atom. The summed E-state index contributed by atoms with van der Waals surface area (Å²) in [6.45, 7) is 1.74. The maximum Gasteiger partial charge on any atom is 0.230 e. The zero-order valence-corrected chi connectivity index (χ0v) is 11.8. The van der Waals surface area contributed by atoms with Crippen molar-refractivity contribution in [2.75, 3.05) is 11.9 Å². The highest BCUT2D eigenvalue weighted by Gasteiger charge is 2.05. The summed E-state index contributed by atoms with van der Waals surface area (Å²) in [5.41, 5.74) is 3.17. The van der Waals surface area contributed by atoms with E-state index >= 15 is 0 Å². The second-order valence-electron chi connectivity index (χ2n) is 4.59. The van der Waals surface area contributed by atoms with Crippen LogP contribution in [0.15, 0.2) is 42.6 Å². The van der Waals surface area contributed by atoms with E-state index in [0.29, 0.717) is 5.69 Å². The molecule has 0 aliphatic carbocycles. The standard InChI is InChI=1S/C17H16N2O2/c1-13-9-14(5-4-8-20)11-16(10-13)19-17(21)12-15-6-2-3-7-18-15/h2-3,6-7,9-11,20H,8,12H2,1H3,(H,19,21). The van der Waals surface area contributed by atoms with Gasteiger partial charge in [-0.3, -0.25) is 9.78 Å². The summed E-state index contributed by atoms with van der Waals surface area (Å²) < 4.78 is 0. The molecule has 0 radical (unpaired) electrons. The molecular weight excluding hydrogens is 264 g/mol. The van der Waals surface area contributed by atoms with Crippen LogP contribution in [0.25, 0.3) is 0 Å². The molecule has 0 atom stereocenters. The van der Waals surface area contributed by atoms with E-state index in [2.05, 4.69) is 22.1 Å². The Bertz CT molecular complexity index is 685. The Morgan fingerprint density at radius 1 is 1.33 bits per heavy atom. The zero-order chi connectivity index (χ0) is 15.1. The predicted octanol–water partition coefficient (Wildman–Crippen LogP) is 1.92. The summed E-state index contributed by atoms with van der Waals surface area (Å²) in [4.78, 5) is 16.1. The van der Waals surface area contributed by atoms with Crippen LogP contribution in [0.1, 0.15) is 16.8 Å². The number of benzene rings is 1. The van der Waals surface area contributed by atoms with E-state index < -0.39 is 0 Å². The molecule has 1 heterocycles. The fourth-order valence-corrected chi connectivity index (χ4v) is 1.94. The van der Waals surface area contributed by atoms with E-state index in [9.17, 15) is 4.79 Å². The molecule has 4 heteroatoms. The number of aromatic nitrogens is 1. The number of nitrogens with zero attached hydrogens (tertiary/aromatic N) is 1. The summed E-state index contributed by atoms with van der Waals surface area (Å²) >= 11 is 0. The molecule has 0 saturated heterocycles. The molecule has 0 spiro atoms. The van der Waals surface area contributed by atoms with Crippen LogP contribution in [0.5, 0.6) is 0 Å². The fraction of sp³-hybridized carbons (Fsp3) is 0.176. The van der Waals surface area contributed by atoms with E-state index in [1.54, 1.807) is 12.3 Å². The number of carbonyl (C=O) groups excluding carboxylic acids is 1. The van der Waals surface area contributed by atoms with Crippen molar-refractivity contribution in [3.8, 4) is 11.8 Å². The van der Waals surface area contributed by atoms with Crippen molar-refractivity contribution in [3.63, 3.8) is 0 Å². The number of nitrogens with one attached hydrogen (secondary N) is 1. The predicted molar refractivity (Wildman–Crippen MR) is 81.7 cm³/mol. The van der Waals surface area contributed by atoms with Crippen LogP contribution in [-0.2, 0) is 11.2 Å². The van der Waals surface area contributed by atoms with E-state index in [0.717, 1.165) is 16.8 Å². The van der Waals surface area contributed by atoms with Gasteiger partial charge in [-0.05, 0) is 42.8 Å². The van der Waals surface area contributed by atoms with Gasteiger partial charge in [0.25, 0.3) is 0 Å². The number of hydrogen-bond acceptors (Lipinski definition) is 3. The number of hydrogen-bond donors (Lipinski definition) is 2. The van der Waals surface area contributed by atoms with Gasteiger partial charge in [-0.15, -0.1) is 0 Å². The molecule has 1 amide bonds. The Labute approximate surface area is 123 Å². The lowest BCUT2D eigenvalue weighted by Crippen LogP contribution is -2.15. The molecule has 0 aliphatic rings. The van der Waals surface area contributed by atoms with Gasteiger partial charge in [0, 0.05) is 23.1 Å². The Balaban J connectivity index is 2.08. The van der Waals surface area contributed by atoms with Crippen LogP contribution in [0.4, 0.5) is 5.69 Å². The SMILES string of the molecule is Cc1cc(C#CCO)cc(NC(=O)Cc2ccccn2)c1. The van der Waals surface area contributed by atoms with Crippen LogP contribution in [-0.4, -0.2) is 22.6 Å². The maximum atomic E-state index is 12.0. The van der Waals surface area contributed by atoms with Crippen LogP contribution in [0.2, 0.25) is 0 Å². The van der Waals surface area contributed by atoms with Crippen molar-refractivity contribution in [3.05, 3.63) is 59.4 Å². The van der Waals surface area contributed by atoms with Gasteiger partial charge in [0.05, 0.1) is 6.42 Å². The average Bonchev–Trinajstić information content (AvgIpc) is 2.45. The van der Waals surface area contributed by atoms with Crippen molar-refractivity contribution >= 4 is 11.6 Å². The molecule has 21 heavy (non-hydrogen) atoms. The lowest BCUT2D eigenvalue weighted by Gasteiger charge is -2.07. The van der Waals surface area contributed by atoms with Crippen LogP contribution in [0.3, 0.4) is 0 Å². The van der Waals surface area contributed by atoms with Gasteiger partial charge in [0.2, 0.25) is 5.91 Å². The monoisotopic (exact) mass is 280 g/mol. The summed E-state index contributed by atoms with van der Waals surface area (Å²) in [5, 5.41) is 11.6. The highest BCUT2D eigenvalue weighted by atomic mass is 16.2. The van der Waals surface area contributed by atoms with Crippen molar-refractivity contribution < 1.29 is 9.90 Å². The molecule has 0 aliphatic heterocycles. The second kappa shape index (κ2) is 7.22. The van der Waals surface area contributed by atoms with E-state index in [-0.39, 0.29) is 18.9 Å². The summed E-state index contributed by atoms with van der Waals surface area (Å²) in [7, 11) is 0. The first-order valence-corrected chi connectivity index (χ1v) is 6.58. The number of aryl methyl sites for hydroxylation is 1. The second-order valence-corrected chi connectivity index (χ2v) is 4.59. The van der Waals surface area contributed by atoms with E-state index in [1.165, 1.54) is 0 Å². The average molecular weight is 280 g/mol. The van der Waals surface area contributed by atoms with Crippen molar-refractivity contribution in [2.45, 2.75) is 13.3 Å². The largest absolute Gasteiger partial charge is 0.384 e. The van der Waals surface area contributed by atoms with Crippen LogP contribution < -0.4 is 5.32 Å². The van der Waals surface area contributed by atoms with E-state index in [1.807, 2.05) is 37.3 Å². The van der Waals surface area contributed by atoms with Crippen molar-refractivity contribution in [2.24, 2.45) is 0 Å². The van der Waals surface area contributed by atoms with Gasteiger partial charge in [0.1, 0.15) is 6.61 Å². The Morgan fingerprint density at radius 2 is 2.19 bits per heavy atom. The number of aliphatic hydroxyl groups is 1. The van der Waals surface area contributed by atoms with Gasteiger partial charge in [0.15, 0.2) is 0 Å². The third kappa shape index (κ3) is 4.75. The van der Waals surface area contributed by atoms with Gasteiger partial charge in [-0.25, -0.2) is 0 Å². The van der Waals surface area contributed by atoms with E-state index in [4.69, 9.17) is 5.11 Å². The topological polar surface area (TPSA) is 62.2 Å².